The van der Waals surface area contributed by atoms with E-state index in [4.69, 9.17) is 9.47 Å². The lowest BCUT2D eigenvalue weighted by Gasteiger charge is -2.22. The number of hydrogen-bond donors (Lipinski definition) is 0. The molecule has 0 fully saturated rings. The summed E-state index contributed by atoms with van der Waals surface area (Å²) in [5, 5.41) is 0. The zero-order valence-corrected chi connectivity index (χ0v) is 12.9. The average Bonchev–Trinajstić information content (AvgIpc) is 2.55. The van der Waals surface area contributed by atoms with Gasteiger partial charge in [0.1, 0.15) is 11.3 Å². The molecule has 0 saturated carbocycles. The second kappa shape index (κ2) is 6.72. The topological polar surface area (TPSA) is 47.5 Å². The third-order valence-electron chi connectivity index (χ3n) is 3.18. The number of methoxy groups -OCH3 is 2. The number of alkyl halides is 3. The zero-order chi connectivity index (χ0) is 17.0. The van der Waals surface area contributed by atoms with Crippen LogP contribution in [0.25, 0.3) is 0 Å². The van der Waals surface area contributed by atoms with Gasteiger partial charge in [-0.05, 0) is 31.2 Å². The predicted octanol–water partition coefficient (Wildman–Crippen LogP) is 3.67. The van der Waals surface area contributed by atoms with Crippen LogP contribution in [0.2, 0.25) is 0 Å². The monoisotopic (exact) mass is 327 g/mol. The van der Waals surface area contributed by atoms with Crippen LogP contribution < -0.4 is 14.4 Å². The largest absolute Gasteiger partial charge is 0.497 e. The molecule has 8 heteroatoms. The van der Waals surface area contributed by atoms with Gasteiger partial charge in [-0.1, -0.05) is 0 Å². The lowest BCUT2D eigenvalue weighted by molar-refractivity contribution is -0.139. The Bertz CT molecular complexity index is 660. The van der Waals surface area contributed by atoms with Gasteiger partial charge >= 0.3 is 6.18 Å². The van der Waals surface area contributed by atoms with E-state index >= 15 is 0 Å². The highest BCUT2D eigenvalue weighted by atomic mass is 19.4. The first-order chi connectivity index (χ1) is 10.9. The van der Waals surface area contributed by atoms with E-state index in [2.05, 4.69) is 9.97 Å². The molecule has 1 heterocycles. The van der Waals surface area contributed by atoms with Crippen molar-refractivity contribution in [3.05, 3.63) is 36.0 Å². The molecule has 124 valence electrons. The van der Waals surface area contributed by atoms with Crippen LogP contribution in [0.4, 0.5) is 24.8 Å². The van der Waals surface area contributed by atoms with Crippen LogP contribution >= 0.6 is 0 Å². The fourth-order valence-corrected chi connectivity index (χ4v) is 2.04. The van der Waals surface area contributed by atoms with E-state index in [0.29, 0.717) is 12.3 Å². The first kappa shape index (κ1) is 16.9. The SMILES string of the molecule is CCN(c1ccc(OC)cc1)c1ncc(C(F)(F)F)c(OC)n1. The van der Waals surface area contributed by atoms with Crippen LogP contribution in [0.15, 0.2) is 30.5 Å². The predicted molar refractivity (Wildman–Crippen MR) is 79.3 cm³/mol. The Morgan fingerprint density at radius 1 is 1.09 bits per heavy atom. The molecule has 0 saturated heterocycles. The number of rotatable bonds is 5. The van der Waals surface area contributed by atoms with E-state index in [0.717, 1.165) is 19.0 Å². The molecule has 2 aromatic rings. The summed E-state index contributed by atoms with van der Waals surface area (Å²) in [6.07, 6.45) is -3.84. The standard InChI is InChI=1S/C15H16F3N3O2/c1-4-21(10-5-7-11(22-2)8-6-10)14-19-9-12(15(16,17)18)13(20-14)23-3/h5-9H,4H2,1-3H3. The molecule has 2 rings (SSSR count). The minimum absolute atomic E-state index is 0.127. The molecule has 23 heavy (non-hydrogen) atoms. The molecule has 0 amide bonds. The quantitative estimate of drug-likeness (QED) is 0.838. The maximum absolute atomic E-state index is 12.9. The maximum atomic E-state index is 12.9. The second-order valence-corrected chi connectivity index (χ2v) is 4.53. The Morgan fingerprint density at radius 3 is 2.22 bits per heavy atom. The highest BCUT2D eigenvalue weighted by molar-refractivity contribution is 5.58. The molecule has 1 aromatic heterocycles. The lowest BCUT2D eigenvalue weighted by atomic mass is 10.2. The van der Waals surface area contributed by atoms with E-state index < -0.39 is 17.6 Å². The molecule has 0 atom stereocenters. The molecular formula is C15H16F3N3O2. The highest BCUT2D eigenvalue weighted by Gasteiger charge is 2.36. The summed E-state index contributed by atoms with van der Waals surface area (Å²) in [5.41, 5.74) is -0.273. The number of nitrogens with zero attached hydrogens (tertiary/aromatic N) is 3. The van der Waals surface area contributed by atoms with Crippen molar-refractivity contribution in [3.63, 3.8) is 0 Å². The first-order valence-electron chi connectivity index (χ1n) is 6.80. The second-order valence-electron chi connectivity index (χ2n) is 4.53. The Hall–Kier alpha value is -2.51. The summed E-state index contributed by atoms with van der Waals surface area (Å²) >= 11 is 0. The molecule has 0 spiro atoms. The maximum Gasteiger partial charge on any atom is 0.423 e. The molecule has 0 radical (unpaired) electrons. The lowest BCUT2D eigenvalue weighted by Crippen LogP contribution is -2.20. The number of ether oxygens (including phenoxy) is 2. The van der Waals surface area contributed by atoms with Crippen LogP contribution in [0.3, 0.4) is 0 Å². The molecule has 0 unspecified atom stereocenters. The Kier molecular flexibility index (Phi) is 4.92. The summed E-state index contributed by atoms with van der Waals surface area (Å²) < 4.78 is 48.5. The molecular weight excluding hydrogens is 311 g/mol. The van der Waals surface area contributed by atoms with E-state index in [1.54, 1.807) is 36.3 Å². The number of halogens is 3. The Labute approximate surface area is 131 Å². The number of hydrogen-bond acceptors (Lipinski definition) is 5. The normalized spacial score (nSPS) is 11.2. The van der Waals surface area contributed by atoms with Gasteiger partial charge in [-0.3, -0.25) is 0 Å². The molecule has 0 aliphatic rings. The smallest absolute Gasteiger partial charge is 0.423 e. The van der Waals surface area contributed by atoms with Crippen molar-refractivity contribution in [2.75, 3.05) is 25.7 Å². The van der Waals surface area contributed by atoms with Crippen molar-refractivity contribution >= 4 is 11.6 Å². The van der Waals surface area contributed by atoms with Crippen molar-refractivity contribution in [2.45, 2.75) is 13.1 Å². The fraction of sp³-hybridized carbons (Fsp3) is 0.333. The minimum Gasteiger partial charge on any atom is -0.497 e. The molecule has 5 nitrogen and oxygen atoms in total. The van der Waals surface area contributed by atoms with Crippen molar-refractivity contribution < 1.29 is 22.6 Å². The number of benzene rings is 1. The summed E-state index contributed by atoms with van der Waals surface area (Å²) in [5.74, 6) is 0.299. The zero-order valence-electron chi connectivity index (χ0n) is 12.9. The van der Waals surface area contributed by atoms with E-state index in [1.807, 2.05) is 6.92 Å². The van der Waals surface area contributed by atoms with Crippen molar-refractivity contribution in [1.82, 2.24) is 9.97 Å². The molecule has 1 aromatic carbocycles. The van der Waals surface area contributed by atoms with Crippen LogP contribution in [0, 0.1) is 0 Å². The van der Waals surface area contributed by atoms with Crippen molar-refractivity contribution in [3.8, 4) is 11.6 Å². The highest BCUT2D eigenvalue weighted by Crippen LogP contribution is 2.36. The summed E-state index contributed by atoms with van der Waals surface area (Å²) in [7, 11) is 2.70. The average molecular weight is 327 g/mol. The van der Waals surface area contributed by atoms with Gasteiger partial charge in [-0.2, -0.15) is 18.2 Å². The van der Waals surface area contributed by atoms with Crippen molar-refractivity contribution in [1.29, 1.82) is 0 Å². The first-order valence-corrected chi connectivity index (χ1v) is 6.80. The van der Waals surface area contributed by atoms with Gasteiger partial charge in [0.15, 0.2) is 0 Å². The Balaban J connectivity index is 2.41. The molecule has 0 N–H and O–H groups in total. The van der Waals surface area contributed by atoms with Crippen molar-refractivity contribution in [2.24, 2.45) is 0 Å². The minimum atomic E-state index is -4.57. The number of anilines is 2. The van der Waals surface area contributed by atoms with Crippen LogP contribution in [0.1, 0.15) is 12.5 Å². The fourth-order valence-electron chi connectivity index (χ4n) is 2.04. The van der Waals surface area contributed by atoms with Gasteiger partial charge in [0.05, 0.1) is 14.2 Å². The van der Waals surface area contributed by atoms with Crippen LogP contribution in [0.5, 0.6) is 11.6 Å². The van der Waals surface area contributed by atoms with Gasteiger partial charge in [0.25, 0.3) is 0 Å². The Morgan fingerprint density at radius 2 is 1.74 bits per heavy atom. The van der Waals surface area contributed by atoms with Crippen LogP contribution in [-0.4, -0.2) is 30.7 Å². The summed E-state index contributed by atoms with van der Waals surface area (Å²) in [6, 6.07) is 7.05. The van der Waals surface area contributed by atoms with Crippen LogP contribution in [-0.2, 0) is 6.18 Å². The third kappa shape index (κ3) is 3.64. The van der Waals surface area contributed by atoms with E-state index in [-0.39, 0.29) is 5.95 Å². The van der Waals surface area contributed by atoms with E-state index in [9.17, 15) is 13.2 Å². The van der Waals surface area contributed by atoms with Gasteiger partial charge in [-0.25, -0.2) is 4.98 Å². The molecule has 0 aliphatic carbocycles. The summed E-state index contributed by atoms with van der Waals surface area (Å²) in [6.45, 7) is 2.32. The van der Waals surface area contributed by atoms with E-state index in [1.165, 1.54) is 0 Å². The third-order valence-corrected chi connectivity index (χ3v) is 3.18. The summed E-state index contributed by atoms with van der Waals surface area (Å²) in [4.78, 5) is 9.39. The molecule has 0 aliphatic heterocycles. The van der Waals surface area contributed by atoms with Gasteiger partial charge in [0.2, 0.25) is 11.8 Å². The number of aromatic nitrogens is 2. The van der Waals surface area contributed by atoms with Gasteiger partial charge in [0, 0.05) is 18.4 Å². The van der Waals surface area contributed by atoms with Gasteiger partial charge < -0.3 is 14.4 Å². The van der Waals surface area contributed by atoms with Gasteiger partial charge in [-0.15, -0.1) is 0 Å². The molecule has 0 bridgehead atoms.